The molecule has 18 heavy (non-hydrogen) atoms. The summed E-state index contributed by atoms with van der Waals surface area (Å²) < 4.78 is 0. The molecule has 0 aliphatic heterocycles. The van der Waals surface area contributed by atoms with Crippen molar-refractivity contribution >= 4 is 23.2 Å². The minimum atomic E-state index is 0.0973. The standard InChI is InChI=1S/C13H13Cl2N3/c1-8(16)2-9-6-17-13(18-7-9)10-3-11(14)5-12(15)4-10/h3-8H,2,16H2,1H3. The van der Waals surface area contributed by atoms with E-state index in [0.717, 1.165) is 17.5 Å². The normalized spacial score (nSPS) is 12.4. The first-order valence-electron chi connectivity index (χ1n) is 5.57. The number of hydrogen-bond donors (Lipinski definition) is 1. The van der Waals surface area contributed by atoms with Gasteiger partial charge >= 0.3 is 0 Å². The Morgan fingerprint density at radius 2 is 1.67 bits per heavy atom. The summed E-state index contributed by atoms with van der Waals surface area (Å²) in [4.78, 5) is 8.60. The lowest BCUT2D eigenvalue weighted by atomic mass is 10.1. The van der Waals surface area contributed by atoms with Gasteiger partial charge in [-0.05, 0) is 37.1 Å². The van der Waals surface area contributed by atoms with Crippen molar-refractivity contribution < 1.29 is 0 Å². The molecule has 0 saturated heterocycles. The van der Waals surface area contributed by atoms with Crippen molar-refractivity contribution in [1.82, 2.24) is 9.97 Å². The average molecular weight is 282 g/mol. The van der Waals surface area contributed by atoms with Crippen LogP contribution in [0.3, 0.4) is 0 Å². The number of benzene rings is 1. The first-order valence-corrected chi connectivity index (χ1v) is 6.33. The minimum Gasteiger partial charge on any atom is -0.328 e. The van der Waals surface area contributed by atoms with Crippen LogP contribution in [0.2, 0.25) is 10.0 Å². The van der Waals surface area contributed by atoms with Crippen molar-refractivity contribution in [3.8, 4) is 11.4 Å². The lowest BCUT2D eigenvalue weighted by Gasteiger charge is -2.06. The Morgan fingerprint density at radius 1 is 1.11 bits per heavy atom. The second-order valence-corrected chi connectivity index (χ2v) is 5.13. The number of nitrogens with two attached hydrogens (primary N) is 1. The molecular weight excluding hydrogens is 269 g/mol. The quantitative estimate of drug-likeness (QED) is 0.939. The van der Waals surface area contributed by atoms with Crippen molar-refractivity contribution in [2.24, 2.45) is 5.73 Å². The van der Waals surface area contributed by atoms with Crippen LogP contribution < -0.4 is 5.73 Å². The highest BCUT2D eigenvalue weighted by Gasteiger charge is 2.05. The van der Waals surface area contributed by atoms with Gasteiger partial charge in [0.05, 0.1) is 0 Å². The largest absolute Gasteiger partial charge is 0.328 e. The summed E-state index contributed by atoms with van der Waals surface area (Å²) in [7, 11) is 0. The summed E-state index contributed by atoms with van der Waals surface area (Å²) in [6, 6.07) is 5.35. The molecule has 1 heterocycles. The van der Waals surface area contributed by atoms with Gasteiger partial charge in [-0.25, -0.2) is 9.97 Å². The second-order valence-electron chi connectivity index (χ2n) is 4.25. The van der Waals surface area contributed by atoms with E-state index in [9.17, 15) is 0 Å². The van der Waals surface area contributed by atoms with Gasteiger partial charge in [-0.2, -0.15) is 0 Å². The Kier molecular flexibility index (Phi) is 4.17. The lowest BCUT2D eigenvalue weighted by Crippen LogP contribution is -2.18. The molecule has 0 aliphatic carbocycles. The molecule has 1 aromatic carbocycles. The van der Waals surface area contributed by atoms with E-state index in [1.165, 1.54) is 0 Å². The van der Waals surface area contributed by atoms with Crippen molar-refractivity contribution in [1.29, 1.82) is 0 Å². The molecule has 5 heteroatoms. The van der Waals surface area contributed by atoms with E-state index in [1.807, 2.05) is 6.92 Å². The van der Waals surface area contributed by atoms with Crippen LogP contribution in [0.4, 0.5) is 0 Å². The van der Waals surface area contributed by atoms with Gasteiger partial charge in [0.1, 0.15) is 0 Å². The van der Waals surface area contributed by atoms with E-state index in [1.54, 1.807) is 30.6 Å². The topological polar surface area (TPSA) is 51.8 Å². The molecule has 0 amide bonds. The smallest absolute Gasteiger partial charge is 0.159 e. The molecule has 1 unspecified atom stereocenters. The summed E-state index contributed by atoms with van der Waals surface area (Å²) in [6.07, 6.45) is 4.32. The van der Waals surface area contributed by atoms with Crippen molar-refractivity contribution in [3.05, 3.63) is 46.2 Å². The molecule has 2 rings (SSSR count). The minimum absolute atomic E-state index is 0.0973. The third kappa shape index (κ3) is 3.42. The monoisotopic (exact) mass is 281 g/mol. The van der Waals surface area contributed by atoms with Crippen LogP contribution in [-0.2, 0) is 6.42 Å². The van der Waals surface area contributed by atoms with Crippen LogP contribution in [0.5, 0.6) is 0 Å². The molecular formula is C13H13Cl2N3. The molecule has 0 spiro atoms. The van der Waals surface area contributed by atoms with Crippen molar-refractivity contribution in [3.63, 3.8) is 0 Å². The maximum atomic E-state index is 5.94. The van der Waals surface area contributed by atoms with Crippen molar-refractivity contribution in [2.75, 3.05) is 0 Å². The van der Waals surface area contributed by atoms with Gasteiger partial charge in [0.15, 0.2) is 5.82 Å². The molecule has 0 fully saturated rings. The van der Waals surface area contributed by atoms with Gasteiger partial charge in [0.25, 0.3) is 0 Å². The molecule has 1 atom stereocenters. The van der Waals surface area contributed by atoms with E-state index >= 15 is 0 Å². The summed E-state index contributed by atoms with van der Waals surface area (Å²) >= 11 is 11.9. The third-order valence-corrected chi connectivity index (χ3v) is 2.82. The van der Waals surface area contributed by atoms with Crippen LogP contribution in [0, 0.1) is 0 Å². The van der Waals surface area contributed by atoms with Gasteiger partial charge < -0.3 is 5.73 Å². The van der Waals surface area contributed by atoms with Gasteiger partial charge in [0, 0.05) is 34.0 Å². The van der Waals surface area contributed by atoms with Crippen LogP contribution in [-0.4, -0.2) is 16.0 Å². The van der Waals surface area contributed by atoms with Gasteiger partial charge in [-0.15, -0.1) is 0 Å². The zero-order valence-electron chi connectivity index (χ0n) is 9.90. The van der Waals surface area contributed by atoms with Crippen LogP contribution >= 0.6 is 23.2 Å². The number of halogens is 2. The summed E-state index contributed by atoms with van der Waals surface area (Å²) in [6.45, 7) is 1.95. The highest BCUT2D eigenvalue weighted by molar-refractivity contribution is 6.35. The number of rotatable bonds is 3. The predicted molar refractivity (Wildman–Crippen MR) is 74.8 cm³/mol. The molecule has 3 nitrogen and oxygen atoms in total. The Labute approximate surface area is 116 Å². The molecule has 1 aromatic heterocycles. The molecule has 94 valence electrons. The molecule has 0 aliphatic rings. The van der Waals surface area contributed by atoms with Gasteiger partial charge in [-0.3, -0.25) is 0 Å². The number of nitrogens with zero attached hydrogens (tertiary/aromatic N) is 2. The Hall–Kier alpha value is -1.16. The van der Waals surface area contributed by atoms with Crippen LogP contribution in [0.1, 0.15) is 12.5 Å². The average Bonchev–Trinajstić information content (AvgIpc) is 2.27. The fraction of sp³-hybridized carbons (Fsp3) is 0.231. The van der Waals surface area contributed by atoms with Crippen molar-refractivity contribution in [2.45, 2.75) is 19.4 Å². The molecule has 2 aromatic rings. The van der Waals surface area contributed by atoms with Crippen LogP contribution in [0.15, 0.2) is 30.6 Å². The summed E-state index contributed by atoms with van der Waals surface area (Å²) in [5.41, 5.74) is 7.54. The predicted octanol–water partition coefficient (Wildman–Crippen LogP) is 3.34. The fourth-order valence-electron chi connectivity index (χ4n) is 1.66. The number of aromatic nitrogens is 2. The Balaban J connectivity index is 2.28. The summed E-state index contributed by atoms with van der Waals surface area (Å²) in [5, 5.41) is 1.14. The highest BCUT2D eigenvalue weighted by atomic mass is 35.5. The Bertz CT molecular complexity index is 518. The molecule has 0 radical (unpaired) electrons. The lowest BCUT2D eigenvalue weighted by molar-refractivity contribution is 0.732. The van der Waals surface area contributed by atoms with Gasteiger partial charge in [-0.1, -0.05) is 23.2 Å². The zero-order valence-corrected chi connectivity index (χ0v) is 11.4. The molecule has 0 bridgehead atoms. The SMILES string of the molecule is CC(N)Cc1cnc(-c2cc(Cl)cc(Cl)c2)nc1. The Morgan fingerprint density at radius 3 is 2.17 bits per heavy atom. The van der Waals surface area contributed by atoms with Gasteiger partial charge in [0.2, 0.25) is 0 Å². The second kappa shape index (κ2) is 5.65. The van der Waals surface area contributed by atoms with E-state index < -0.39 is 0 Å². The highest BCUT2D eigenvalue weighted by Crippen LogP contribution is 2.24. The first kappa shape index (κ1) is 13.3. The maximum absolute atomic E-state index is 5.94. The van der Waals surface area contributed by atoms with E-state index in [0.29, 0.717) is 15.9 Å². The van der Waals surface area contributed by atoms with E-state index in [2.05, 4.69) is 9.97 Å². The first-order chi connectivity index (χ1) is 8.54. The molecule has 2 N–H and O–H groups in total. The molecule has 0 saturated carbocycles. The van der Waals surface area contributed by atoms with E-state index in [-0.39, 0.29) is 6.04 Å². The summed E-state index contributed by atoms with van der Waals surface area (Å²) in [5.74, 6) is 0.604. The fourth-order valence-corrected chi connectivity index (χ4v) is 2.19. The number of hydrogen-bond acceptors (Lipinski definition) is 3. The zero-order chi connectivity index (χ0) is 13.1. The van der Waals surface area contributed by atoms with E-state index in [4.69, 9.17) is 28.9 Å². The maximum Gasteiger partial charge on any atom is 0.159 e. The third-order valence-electron chi connectivity index (χ3n) is 2.38. The van der Waals surface area contributed by atoms with Crippen LogP contribution in [0.25, 0.3) is 11.4 Å².